The number of benzene rings is 1. The van der Waals surface area contributed by atoms with Crippen LogP contribution in [0.15, 0.2) is 24.3 Å². The molecule has 1 aliphatic heterocycles. The van der Waals surface area contributed by atoms with Gasteiger partial charge in [0.1, 0.15) is 11.5 Å². The van der Waals surface area contributed by atoms with Gasteiger partial charge in [-0.1, -0.05) is 19.9 Å². The van der Waals surface area contributed by atoms with Gasteiger partial charge in [0, 0.05) is 12.5 Å². The standard InChI is InChI=1S/C14H20O3/c1-3-7-15-12-5-4-6-13(9-12)17-14-8-11(2)10-16-14/h4-6,9,11,14H,3,7-8,10H2,1-2H3/t11-,14?/m1/s1. The summed E-state index contributed by atoms with van der Waals surface area (Å²) in [7, 11) is 0. The van der Waals surface area contributed by atoms with E-state index in [4.69, 9.17) is 14.2 Å². The minimum Gasteiger partial charge on any atom is -0.493 e. The fourth-order valence-corrected chi connectivity index (χ4v) is 1.83. The van der Waals surface area contributed by atoms with Crippen molar-refractivity contribution in [1.82, 2.24) is 0 Å². The van der Waals surface area contributed by atoms with Crippen molar-refractivity contribution in [2.24, 2.45) is 5.92 Å². The molecule has 0 spiro atoms. The quantitative estimate of drug-likeness (QED) is 0.785. The topological polar surface area (TPSA) is 27.7 Å². The van der Waals surface area contributed by atoms with Crippen LogP contribution in [-0.2, 0) is 4.74 Å². The summed E-state index contributed by atoms with van der Waals surface area (Å²) < 4.78 is 16.9. The first-order chi connectivity index (χ1) is 8.28. The van der Waals surface area contributed by atoms with Gasteiger partial charge in [0.05, 0.1) is 13.2 Å². The van der Waals surface area contributed by atoms with Gasteiger partial charge in [-0.2, -0.15) is 0 Å². The van der Waals surface area contributed by atoms with Crippen LogP contribution in [0.2, 0.25) is 0 Å². The molecule has 1 aliphatic rings. The predicted octanol–water partition coefficient (Wildman–Crippen LogP) is 3.24. The molecule has 1 heterocycles. The summed E-state index contributed by atoms with van der Waals surface area (Å²) in [6.45, 7) is 5.79. The monoisotopic (exact) mass is 236 g/mol. The highest BCUT2D eigenvalue weighted by atomic mass is 16.7. The second-order valence-corrected chi connectivity index (χ2v) is 4.54. The summed E-state index contributed by atoms with van der Waals surface area (Å²) in [6, 6.07) is 7.74. The van der Waals surface area contributed by atoms with Gasteiger partial charge >= 0.3 is 0 Å². The lowest BCUT2D eigenvalue weighted by molar-refractivity contribution is -0.0394. The smallest absolute Gasteiger partial charge is 0.200 e. The van der Waals surface area contributed by atoms with Crippen molar-refractivity contribution in [2.75, 3.05) is 13.2 Å². The van der Waals surface area contributed by atoms with Crippen LogP contribution in [0.5, 0.6) is 11.5 Å². The predicted molar refractivity (Wildman–Crippen MR) is 66.4 cm³/mol. The van der Waals surface area contributed by atoms with Gasteiger partial charge in [-0.25, -0.2) is 0 Å². The lowest BCUT2D eigenvalue weighted by Gasteiger charge is -2.13. The number of rotatable bonds is 5. The average Bonchev–Trinajstić information content (AvgIpc) is 2.73. The maximum absolute atomic E-state index is 5.76. The van der Waals surface area contributed by atoms with E-state index < -0.39 is 0 Å². The molecule has 0 bridgehead atoms. The molecule has 0 N–H and O–H groups in total. The molecule has 1 saturated heterocycles. The third kappa shape index (κ3) is 3.63. The van der Waals surface area contributed by atoms with Crippen LogP contribution < -0.4 is 9.47 Å². The van der Waals surface area contributed by atoms with Gasteiger partial charge in [-0.3, -0.25) is 0 Å². The Bertz CT molecular complexity index is 351. The molecule has 0 aliphatic carbocycles. The van der Waals surface area contributed by atoms with E-state index >= 15 is 0 Å². The van der Waals surface area contributed by atoms with E-state index in [-0.39, 0.29) is 6.29 Å². The van der Waals surface area contributed by atoms with Crippen LogP contribution in [0.1, 0.15) is 26.7 Å². The van der Waals surface area contributed by atoms with Crippen molar-refractivity contribution in [2.45, 2.75) is 33.0 Å². The van der Waals surface area contributed by atoms with Crippen LogP contribution in [0.25, 0.3) is 0 Å². The zero-order valence-electron chi connectivity index (χ0n) is 10.5. The van der Waals surface area contributed by atoms with Crippen LogP contribution >= 0.6 is 0 Å². The fourth-order valence-electron chi connectivity index (χ4n) is 1.83. The zero-order chi connectivity index (χ0) is 12.1. The molecule has 0 saturated carbocycles. The number of hydrogen-bond acceptors (Lipinski definition) is 3. The van der Waals surface area contributed by atoms with E-state index in [2.05, 4.69) is 13.8 Å². The van der Waals surface area contributed by atoms with E-state index in [1.807, 2.05) is 24.3 Å². The second-order valence-electron chi connectivity index (χ2n) is 4.54. The maximum Gasteiger partial charge on any atom is 0.200 e. The summed E-state index contributed by atoms with van der Waals surface area (Å²) in [5.74, 6) is 2.26. The Balaban J connectivity index is 1.91. The Kier molecular flexibility index (Phi) is 4.26. The summed E-state index contributed by atoms with van der Waals surface area (Å²) in [5, 5.41) is 0. The highest BCUT2D eigenvalue weighted by Crippen LogP contribution is 2.25. The van der Waals surface area contributed by atoms with Gasteiger partial charge in [0.15, 0.2) is 6.29 Å². The summed E-state index contributed by atoms with van der Waals surface area (Å²) in [6.07, 6.45) is 1.86. The third-order valence-corrected chi connectivity index (χ3v) is 2.71. The molecule has 1 aromatic carbocycles. The Hall–Kier alpha value is -1.22. The highest BCUT2D eigenvalue weighted by Gasteiger charge is 2.23. The molecule has 0 aromatic heterocycles. The van der Waals surface area contributed by atoms with Crippen molar-refractivity contribution in [1.29, 1.82) is 0 Å². The molecule has 94 valence electrons. The largest absolute Gasteiger partial charge is 0.493 e. The molecule has 0 radical (unpaired) electrons. The Labute approximate surface area is 103 Å². The molecule has 2 rings (SSSR count). The van der Waals surface area contributed by atoms with Gasteiger partial charge < -0.3 is 14.2 Å². The van der Waals surface area contributed by atoms with Crippen LogP contribution in [0, 0.1) is 5.92 Å². The highest BCUT2D eigenvalue weighted by molar-refractivity contribution is 5.33. The van der Waals surface area contributed by atoms with Crippen LogP contribution in [-0.4, -0.2) is 19.5 Å². The first kappa shape index (κ1) is 12.2. The minimum atomic E-state index is -0.105. The Morgan fingerprint density at radius 2 is 2.18 bits per heavy atom. The zero-order valence-corrected chi connectivity index (χ0v) is 10.5. The number of ether oxygens (including phenoxy) is 3. The molecule has 1 aromatic rings. The second kappa shape index (κ2) is 5.92. The minimum absolute atomic E-state index is 0.105. The molecule has 0 amide bonds. The lowest BCUT2D eigenvalue weighted by Crippen LogP contribution is -2.14. The van der Waals surface area contributed by atoms with Crippen molar-refractivity contribution < 1.29 is 14.2 Å². The average molecular weight is 236 g/mol. The SMILES string of the molecule is CCCOc1cccc(OC2C[C@@H](C)CO2)c1. The van der Waals surface area contributed by atoms with Crippen molar-refractivity contribution in [3.8, 4) is 11.5 Å². The van der Waals surface area contributed by atoms with Gasteiger partial charge in [-0.15, -0.1) is 0 Å². The van der Waals surface area contributed by atoms with Crippen LogP contribution in [0.3, 0.4) is 0 Å². The normalized spacial score (nSPS) is 23.6. The Morgan fingerprint density at radius 1 is 1.35 bits per heavy atom. The van der Waals surface area contributed by atoms with Crippen LogP contribution in [0.4, 0.5) is 0 Å². The molecule has 2 atom stereocenters. The summed E-state index contributed by atoms with van der Waals surface area (Å²) in [5.41, 5.74) is 0. The summed E-state index contributed by atoms with van der Waals surface area (Å²) in [4.78, 5) is 0. The molecular weight excluding hydrogens is 216 g/mol. The fraction of sp³-hybridized carbons (Fsp3) is 0.571. The van der Waals surface area contributed by atoms with Gasteiger partial charge in [-0.05, 0) is 24.5 Å². The van der Waals surface area contributed by atoms with E-state index in [1.54, 1.807) is 0 Å². The third-order valence-electron chi connectivity index (χ3n) is 2.71. The van der Waals surface area contributed by atoms with E-state index in [1.165, 1.54) is 0 Å². The molecule has 1 fully saturated rings. The van der Waals surface area contributed by atoms with Gasteiger partial charge in [0.2, 0.25) is 0 Å². The molecule has 1 unspecified atom stereocenters. The maximum atomic E-state index is 5.76. The molecule has 3 heteroatoms. The molecular formula is C14H20O3. The lowest BCUT2D eigenvalue weighted by atomic mass is 10.1. The van der Waals surface area contributed by atoms with Gasteiger partial charge in [0.25, 0.3) is 0 Å². The van der Waals surface area contributed by atoms with E-state index in [0.717, 1.165) is 37.6 Å². The van der Waals surface area contributed by atoms with E-state index in [9.17, 15) is 0 Å². The Morgan fingerprint density at radius 3 is 2.88 bits per heavy atom. The van der Waals surface area contributed by atoms with E-state index in [0.29, 0.717) is 5.92 Å². The van der Waals surface area contributed by atoms with Crippen molar-refractivity contribution >= 4 is 0 Å². The molecule has 3 nitrogen and oxygen atoms in total. The first-order valence-electron chi connectivity index (χ1n) is 6.29. The number of hydrogen-bond donors (Lipinski definition) is 0. The van der Waals surface area contributed by atoms with Crippen molar-refractivity contribution in [3.05, 3.63) is 24.3 Å². The summed E-state index contributed by atoms with van der Waals surface area (Å²) >= 11 is 0. The first-order valence-corrected chi connectivity index (χ1v) is 6.29. The van der Waals surface area contributed by atoms with Crippen molar-refractivity contribution in [3.63, 3.8) is 0 Å². The molecule has 17 heavy (non-hydrogen) atoms.